The first kappa shape index (κ1) is 18.6. The number of furan rings is 1. The van der Waals surface area contributed by atoms with E-state index in [-0.39, 0.29) is 23.4 Å². The van der Waals surface area contributed by atoms with Crippen LogP contribution >= 0.6 is 0 Å². The van der Waals surface area contributed by atoms with E-state index in [0.717, 1.165) is 24.3 Å². The maximum atomic E-state index is 12.8. The number of amides is 2. The first-order valence-electron chi connectivity index (χ1n) is 7.18. The molecule has 0 saturated carbocycles. The summed E-state index contributed by atoms with van der Waals surface area (Å²) >= 11 is 0. The van der Waals surface area contributed by atoms with E-state index in [1.807, 2.05) is 0 Å². The van der Waals surface area contributed by atoms with Crippen LogP contribution in [0.3, 0.4) is 0 Å². The number of nitrogens with one attached hydrogen (secondary N) is 3. The maximum Gasteiger partial charge on any atom is 0.273 e. The summed E-state index contributed by atoms with van der Waals surface area (Å²) in [6, 6.07) is 5.73. The molecule has 1 aromatic heterocycles. The zero-order valence-electron chi connectivity index (χ0n) is 13.2. The second kappa shape index (κ2) is 7.90. The van der Waals surface area contributed by atoms with Crippen LogP contribution in [-0.4, -0.2) is 26.8 Å². The van der Waals surface area contributed by atoms with E-state index in [4.69, 9.17) is 4.42 Å². The minimum Gasteiger partial charge on any atom is -0.469 e. The molecule has 10 heteroatoms. The number of carbonyl (C=O) groups excluding carboxylic acids is 2. The second-order valence-corrected chi connectivity index (χ2v) is 6.76. The summed E-state index contributed by atoms with van der Waals surface area (Å²) in [6.07, 6.45) is 1.14. The van der Waals surface area contributed by atoms with Crippen molar-refractivity contribution in [3.63, 3.8) is 0 Å². The number of sulfonamides is 1. The number of rotatable bonds is 6. The van der Waals surface area contributed by atoms with Crippen molar-refractivity contribution in [2.75, 3.05) is 6.54 Å². The predicted molar refractivity (Wildman–Crippen MR) is 85.3 cm³/mol. The average molecular weight is 369 g/mol. The predicted octanol–water partition coefficient (Wildman–Crippen LogP) is 0.857. The van der Waals surface area contributed by atoms with E-state index in [9.17, 15) is 22.4 Å². The molecule has 25 heavy (non-hydrogen) atoms. The lowest BCUT2D eigenvalue weighted by Gasteiger charge is -2.08. The van der Waals surface area contributed by atoms with Crippen molar-refractivity contribution in [1.29, 1.82) is 0 Å². The minimum atomic E-state index is -3.84. The van der Waals surface area contributed by atoms with Crippen LogP contribution in [0.4, 0.5) is 4.39 Å². The first-order chi connectivity index (χ1) is 11.8. The van der Waals surface area contributed by atoms with Gasteiger partial charge in [-0.05, 0) is 37.3 Å². The largest absolute Gasteiger partial charge is 0.469 e. The lowest BCUT2D eigenvalue weighted by molar-refractivity contribution is -0.121. The Balaban J connectivity index is 1.77. The van der Waals surface area contributed by atoms with E-state index in [1.54, 1.807) is 6.92 Å². The van der Waals surface area contributed by atoms with Crippen LogP contribution in [0.2, 0.25) is 0 Å². The third kappa shape index (κ3) is 5.13. The topological polar surface area (TPSA) is 118 Å². The van der Waals surface area contributed by atoms with Crippen molar-refractivity contribution in [2.24, 2.45) is 0 Å². The Kier molecular flexibility index (Phi) is 5.88. The number of halogens is 1. The number of carbonyl (C=O) groups is 2. The summed E-state index contributed by atoms with van der Waals surface area (Å²) in [4.78, 5) is 23.3. The quantitative estimate of drug-likeness (QED) is 0.653. The molecule has 2 rings (SSSR count). The molecule has 0 unspecified atom stereocenters. The summed E-state index contributed by atoms with van der Waals surface area (Å²) in [5.74, 6) is -1.29. The van der Waals surface area contributed by atoms with Gasteiger partial charge in [-0.25, -0.2) is 17.5 Å². The Labute approximate surface area is 143 Å². The van der Waals surface area contributed by atoms with Gasteiger partial charge in [0.1, 0.15) is 11.6 Å². The van der Waals surface area contributed by atoms with Crippen LogP contribution in [0, 0.1) is 12.7 Å². The summed E-state index contributed by atoms with van der Waals surface area (Å²) < 4.78 is 43.9. The first-order valence-corrected chi connectivity index (χ1v) is 8.66. The van der Waals surface area contributed by atoms with E-state index < -0.39 is 27.7 Å². The van der Waals surface area contributed by atoms with Crippen LogP contribution in [-0.2, 0) is 14.8 Å². The smallest absolute Gasteiger partial charge is 0.273 e. The standard InChI is InChI=1S/C15H16FN3O5S/c1-10-13(7-9-24-10)15(21)19-18-14(20)6-8-17-25(22,23)12-4-2-11(16)3-5-12/h2-5,7,9,17H,6,8H2,1H3,(H,18,20)(H,19,21). The van der Waals surface area contributed by atoms with E-state index in [1.165, 1.54) is 12.3 Å². The molecule has 0 saturated heterocycles. The molecule has 0 aliphatic rings. The minimum absolute atomic E-state index is 0.113. The molecule has 1 aromatic carbocycles. The van der Waals surface area contributed by atoms with E-state index in [2.05, 4.69) is 15.6 Å². The number of hydrazine groups is 1. The Morgan fingerprint density at radius 1 is 1.12 bits per heavy atom. The third-order valence-corrected chi connectivity index (χ3v) is 4.66. The molecule has 3 N–H and O–H groups in total. The van der Waals surface area contributed by atoms with Gasteiger partial charge in [-0.1, -0.05) is 0 Å². The average Bonchev–Trinajstić information content (AvgIpc) is 2.99. The molecule has 0 spiro atoms. The molecular weight excluding hydrogens is 353 g/mol. The molecule has 8 nitrogen and oxygen atoms in total. The highest BCUT2D eigenvalue weighted by Gasteiger charge is 2.15. The van der Waals surface area contributed by atoms with Crippen LogP contribution in [0.25, 0.3) is 0 Å². The van der Waals surface area contributed by atoms with Gasteiger partial charge in [-0.3, -0.25) is 20.4 Å². The number of aryl methyl sites for hydroxylation is 1. The number of hydrogen-bond acceptors (Lipinski definition) is 5. The van der Waals surface area contributed by atoms with Crippen molar-refractivity contribution >= 4 is 21.8 Å². The van der Waals surface area contributed by atoms with Crippen LogP contribution in [0.1, 0.15) is 22.5 Å². The Morgan fingerprint density at radius 2 is 1.80 bits per heavy atom. The molecule has 1 heterocycles. The van der Waals surface area contributed by atoms with Gasteiger partial charge in [0, 0.05) is 13.0 Å². The fourth-order valence-corrected chi connectivity index (χ4v) is 2.90. The Bertz CT molecular complexity index is 862. The van der Waals surface area contributed by atoms with Gasteiger partial charge in [0.15, 0.2) is 0 Å². The maximum absolute atomic E-state index is 12.8. The van der Waals surface area contributed by atoms with Gasteiger partial charge in [-0.2, -0.15) is 0 Å². The lowest BCUT2D eigenvalue weighted by atomic mass is 10.2. The molecule has 2 aromatic rings. The van der Waals surface area contributed by atoms with Gasteiger partial charge >= 0.3 is 0 Å². The normalized spacial score (nSPS) is 11.1. The van der Waals surface area contributed by atoms with Crippen LogP contribution in [0.15, 0.2) is 45.9 Å². The Morgan fingerprint density at radius 3 is 2.40 bits per heavy atom. The monoisotopic (exact) mass is 369 g/mol. The van der Waals surface area contributed by atoms with Gasteiger partial charge in [0.25, 0.3) is 5.91 Å². The fraction of sp³-hybridized carbons (Fsp3) is 0.200. The molecular formula is C15H16FN3O5S. The van der Waals surface area contributed by atoms with Crippen molar-refractivity contribution in [2.45, 2.75) is 18.2 Å². The van der Waals surface area contributed by atoms with E-state index >= 15 is 0 Å². The van der Waals surface area contributed by atoms with Gasteiger partial charge in [0.05, 0.1) is 16.7 Å². The van der Waals surface area contributed by atoms with E-state index in [0.29, 0.717) is 5.76 Å². The van der Waals surface area contributed by atoms with Gasteiger partial charge in [0.2, 0.25) is 15.9 Å². The Hall–Kier alpha value is -2.72. The van der Waals surface area contributed by atoms with Gasteiger partial charge < -0.3 is 4.42 Å². The van der Waals surface area contributed by atoms with Crippen molar-refractivity contribution in [3.8, 4) is 0 Å². The molecule has 0 radical (unpaired) electrons. The molecule has 0 aliphatic heterocycles. The highest BCUT2D eigenvalue weighted by atomic mass is 32.2. The third-order valence-electron chi connectivity index (χ3n) is 3.19. The van der Waals surface area contributed by atoms with Crippen LogP contribution in [0.5, 0.6) is 0 Å². The van der Waals surface area contributed by atoms with Crippen molar-refractivity contribution < 1.29 is 26.8 Å². The molecule has 0 fully saturated rings. The lowest BCUT2D eigenvalue weighted by Crippen LogP contribution is -2.42. The summed E-state index contributed by atoms with van der Waals surface area (Å²) in [5, 5.41) is 0. The van der Waals surface area contributed by atoms with Crippen LogP contribution < -0.4 is 15.6 Å². The molecule has 0 aliphatic carbocycles. The second-order valence-electron chi connectivity index (χ2n) is 4.99. The van der Waals surface area contributed by atoms with Crippen molar-refractivity contribution in [3.05, 3.63) is 53.7 Å². The van der Waals surface area contributed by atoms with Gasteiger partial charge in [-0.15, -0.1) is 0 Å². The van der Waals surface area contributed by atoms with Crippen molar-refractivity contribution in [1.82, 2.24) is 15.6 Å². The molecule has 0 bridgehead atoms. The zero-order valence-corrected chi connectivity index (χ0v) is 14.0. The summed E-state index contributed by atoms with van der Waals surface area (Å²) in [5.41, 5.74) is 4.64. The number of hydrogen-bond donors (Lipinski definition) is 3. The summed E-state index contributed by atoms with van der Waals surface area (Å²) in [6.45, 7) is 1.41. The molecule has 0 atom stereocenters. The summed E-state index contributed by atoms with van der Waals surface area (Å²) in [7, 11) is -3.84. The zero-order chi connectivity index (χ0) is 18.4. The highest BCUT2D eigenvalue weighted by Crippen LogP contribution is 2.09. The fourth-order valence-electron chi connectivity index (χ4n) is 1.87. The highest BCUT2D eigenvalue weighted by molar-refractivity contribution is 7.89. The molecule has 2 amide bonds. The number of benzene rings is 1. The molecule has 134 valence electrons. The SMILES string of the molecule is Cc1occc1C(=O)NNC(=O)CCNS(=O)(=O)c1ccc(F)cc1.